The standard InChI is InChI=1S/C22H16BrFN4O/c23-17-8-6-16(7-9-17)21-26-20(22(29)25-14-15-4-2-1-3-5-15)27-28(21)19-12-10-18(24)11-13-19/h1-13H,14H2,(H,25,29). The molecule has 0 aliphatic heterocycles. The van der Waals surface area contributed by atoms with Crippen LogP contribution in [0.5, 0.6) is 0 Å². The zero-order valence-corrected chi connectivity index (χ0v) is 16.8. The van der Waals surface area contributed by atoms with E-state index in [1.54, 1.807) is 16.8 Å². The predicted molar refractivity (Wildman–Crippen MR) is 112 cm³/mol. The number of benzene rings is 3. The third-order valence-corrected chi connectivity index (χ3v) is 4.81. The molecule has 29 heavy (non-hydrogen) atoms. The van der Waals surface area contributed by atoms with Crippen molar-refractivity contribution in [3.63, 3.8) is 0 Å². The Kier molecular flexibility index (Phi) is 5.48. The lowest BCUT2D eigenvalue weighted by Crippen LogP contribution is -2.24. The molecule has 0 radical (unpaired) electrons. The number of nitrogens with zero attached hydrogens (tertiary/aromatic N) is 3. The van der Waals surface area contributed by atoms with Crippen LogP contribution in [0.2, 0.25) is 0 Å². The second-order valence-electron chi connectivity index (χ2n) is 6.32. The lowest BCUT2D eigenvalue weighted by Gasteiger charge is -2.06. The maximum atomic E-state index is 13.4. The van der Waals surface area contributed by atoms with E-state index < -0.39 is 0 Å². The van der Waals surface area contributed by atoms with Gasteiger partial charge in [-0.05, 0) is 42.0 Å². The maximum Gasteiger partial charge on any atom is 0.291 e. The van der Waals surface area contributed by atoms with Crippen molar-refractivity contribution >= 4 is 21.8 Å². The molecule has 0 saturated heterocycles. The Hall–Kier alpha value is -3.32. The molecule has 0 aliphatic carbocycles. The van der Waals surface area contributed by atoms with Gasteiger partial charge in [-0.3, -0.25) is 4.79 Å². The Bertz CT molecular complexity index is 1060. The summed E-state index contributed by atoms with van der Waals surface area (Å²) in [5, 5.41) is 7.21. The van der Waals surface area contributed by atoms with Gasteiger partial charge in [-0.15, -0.1) is 5.10 Å². The third kappa shape index (κ3) is 4.41. The van der Waals surface area contributed by atoms with E-state index in [0.717, 1.165) is 15.6 Å². The number of amides is 1. The highest BCUT2D eigenvalue weighted by atomic mass is 79.9. The molecule has 1 amide bonds. The molecule has 0 fully saturated rings. The molecule has 1 N–H and O–H groups in total. The van der Waals surface area contributed by atoms with E-state index in [-0.39, 0.29) is 17.5 Å². The van der Waals surface area contributed by atoms with Crippen LogP contribution in [0.25, 0.3) is 17.1 Å². The molecule has 0 atom stereocenters. The summed E-state index contributed by atoms with van der Waals surface area (Å²) in [6.45, 7) is 0.373. The normalized spacial score (nSPS) is 10.7. The molecule has 7 heteroatoms. The number of halogens is 2. The monoisotopic (exact) mass is 450 g/mol. The molecule has 0 bridgehead atoms. The first-order valence-corrected chi connectivity index (χ1v) is 9.70. The Balaban J connectivity index is 1.68. The molecule has 3 aromatic carbocycles. The van der Waals surface area contributed by atoms with Crippen LogP contribution in [-0.2, 0) is 6.54 Å². The Morgan fingerprint density at radius 1 is 0.966 bits per heavy atom. The molecule has 144 valence electrons. The highest BCUT2D eigenvalue weighted by Gasteiger charge is 2.18. The molecular formula is C22H16BrFN4O. The van der Waals surface area contributed by atoms with Crippen LogP contribution in [0.4, 0.5) is 4.39 Å². The molecule has 0 unspecified atom stereocenters. The fourth-order valence-electron chi connectivity index (χ4n) is 2.81. The zero-order valence-electron chi connectivity index (χ0n) is 15.2. The van der Waals surface area contributed by atoms with Crippen molar-refractivity contribution in [2.24, 2.45) is 0 Å². The lowest BCUT2D eigenvalue weighted by atomic mass is 10.2. The van der Waals surface area contributed by atoms with Crippen molar-refractivity contribution < 1.29 is 9.18 Å². The average molecular weight is 451 g/mol. The van der Waals surface area contributed by atoms with E-state index in [9.17, 15) is 9.18 Å². The number of rotatable bonds is 5. The molecular weight excluding hydrogens is 435 g/mol. The summed E-state index contributed by atoms with van der Waals surface area (Å²) < 4.78 is 15.8. The fraction of sp³-hybridized carbons (Fsp3) is 0.0455. The van der Waals surface area contributed by atoms with Crippen LogP contribution in [0.15, 0.2) is 83.3 Å². The molecule has 5 nitrogen and oxygen atoms in total. The van der Waals surface area contributed by atoms with E-state index in [0.29, 0.717) is 18.1 Å². The van der Waals surface area contributed by atoms with Crippen LogP contribution in [0.1, 0.15) is 16.2 Å². The Morgan fingerprint density at radius 2 is 1.66 bits per heavy atom. The first-order chi connectivity index (χ1) is 14.1. The molecule has 4 aromatic rings. The Labute approximate surface area is 175 Å². The van der Waals surface area contributed by atoms with E-state index in [4.69, 9.17) is 0 Å². The van der Waals surface area contributed by atoms with E-state index in [2.05, 4.69) is 31.3 Å². The van der Waals surface area contributed by atoms with Gasteiger partial charge in [0.1, 0.15) is 5.82 Å². The lowest BCUT2D eigenvalue weighted by molar-refractivity contribution is 0.0940. The van der Waals surface area contributed by atoms with Gasteiger partial charge in [0.2, 0.25) is 5.82 Å². The minimum absolute atomic E-state index is 0.0446. The van der Waals surface area contributed by atoms with Crippen molar-refractivity contribution in [3.05, 3.63) is 101 Å². The minimum atomic E-state index is -0.381. The molecule has 1 aromatic heterocycles. The van der Waals surface area contributed by atoms with Crippen LogP contribution in [0.3, 0.4) is 0 Å². The summed E-state index contributed by atoms with van der Waals surface area (Å²) in [6, 6.07) is 23.0. The highest BCUT2D eigenvalue weighted by molar-refractivity contribution is 9.10. The Morgan fingerprint density at radius 3 is 2.34 bits per heavy atom. The summed E-state index contributed by atoms with van der Waals surface area (Å²) in [5.41, 5.74) is 2.37. The third-order valence-electron chi connectivity index (χ3n) is 4.28. The van der Waals surface area contributed by atoms with Crippen molar-refractivity contribution in [1.82, 2.24) is 20.1 Å². The summed E-state index contributed by atoms with van der Waals surface area (Å²) in [4.78, 5) is 17.1. The number of nitrogens with one attached hydrogen (secondary N) is 1. The SMILES string of the molecule is O=C(NCc1ccccc1)c1nc(-c2ccc(Br)cc2)n(-c2ccc(F)cc2)n1. The van der Waals surface area contributed by atoms with Crippen molar-refractivity contribution in [1.29, 1.82) is 0 Å². The van der Waals surface area contributed by atoms with Crippen molar-refractivity contribution in [3.8, 4) is 17.1 Å². The summed E-state index contributed by atoms with van der Waals surface area (Å²) in [5.74, 6) is -0.190. The molecule has 0 saturated carbocycles. The number of hydrogen-bond donors (Lipinski definition) is 1. The van der Waals surface area contributed by atoms with Gasteiger partial charge in [0.25, 0.3) is 5.91 Å². The van der Waals surface area contributed by atoms with Crippen molar-refractivity contribution in [2.45, 2.75) is 6.54 Å². The van der Waals surface area contributed by atoms with Gasteiger partial charge in [0, 0.05) is 16.6 Å². The van der Waals surface area contributed by atoms with Crippen LogP contribution >= 0.6 is 15.9 Å². The van der Waals surface area contributed by atoms with E-state index >= 15 is 0 Å². The first kappa shape index (κ1) is 19.0. The second kappa shape index (κ2) is 8.36. The van der Waals surface area contributed by atoms with Crippen LogP contribution in [-0.4, -0.2) is 20.7 Å². The van der Waals surface area contributed by atoms with E-state index in [1.807, 2.05) is 54.6 Å². The smallest absolute Gasteiger partial charge is 0.291 e. The maximum absolute atomic E-state index is 13.4. The van der Waals surface area contributed by atoms with Gasteiger partial charge in [0.15, 0.2) is 5.82 Å². The van der Waals surface area contributed by atoms with Gasteiger partial charge >= 0.3 is 0 Å². The molecule has 0 spiro atoms. The number of carbonyl (C=O) groups is 1. The van der Waals surface area contributed by atoms with E-state index in [1.165, 1.54) is 12.1 Å². The predicted octanol–water partition coefficient (Wildman–Crippen LogP) is 4.77. The summed E-state index contributed by atoms with van der Waals surface area (Å²) in [6.07, 6.45) is 0. The van der Waals surface area contributed by atoms with Gasteiger partial charge in [0.05, 0.1) is 5.69 Å². The highest BCUT2D eigenvalue weighted by Crippen LogP contribution is 2.23. The summed E-state index contributed by atoms with van der Waals surface area (Å²) >= 11 is 3.41. The zero-order chi connectivity index (χ0) is 20.2. The van der Waals surface area contributed by atoms with Gasteiger partial charge in [-0.1, -0.05) is 58.4 Å². The molecule has 0 aliphatic rings. The van der Waals surface area contributed by atoms with Crippen LogP contribution in [0, 0.1) is 5.82 Å². The van der Waals surface area contributed by atoms with Gasteiger partial charge in [-0.25, -0.2) is 14.1 Å². The molecule has 1 heterocycles. The number of aromatic nitrogens is 3. The fourth-order valence-corrected chi connectivity index (χ4v) is 3.08. The number of carbonyl (C=O) groups excluding carboxylic acids is 1. The van der Waals surface area contributed by atoms with Crippen molar-refractivity contribution in [2.75, 3.05) is 0 Å². The topological polar surface area (TPSA) is 59.8 Å². The quantitative estimate of drug-likeness (QED) is 0.476. The van der Waals surface area contributed by atoms with Gasteiger partial charge in [-0.2, -0.15) is 0 Å². The van der Waals surface area contributed by atoms with Crippen LogP contribution < -0.4 is 5.32 Å². The minimum Gasteiger partial charge on any atom is -0.345 e. The largest absolute Gasteiger partial charge is 0.345 e. The van der Waals surface area contributed by atoms with Gasteiger partial charge < -0.3 is 5.32 Å². The second-order valence-corrected chi connectivity index (χ2v) is 7.24. The summed E-state index contributed by atoms with van der Waals surface area (Å²) in [7, 11) is 0. The first-order valence-electron chi connectivity index (χ1n) is 8.91. The molecule has 4 rings (SSSR count). The number of hydrogen-bond acceptors (Lipinski definition) is 3. The average Bonchev–Trinajstić information content (AvgIpc) is 3.19.